The molecule has 1 aromatic carbocycles. The zero-order valence-corrected chi connectivity index (χ0v) is 6.72. The van der Waals surface area contributed by atoms with E-state index in [1.54, 1.807) is 0 Å². The molecule has 0 N–H and O–H groups in total. The van der Waals surface area contributed by atoms with Crippen molar-refractivity contribution in [2.75, 3.05) is 7.11 Å². The van der Waals surface area contributed by atoms with E-state index in [2.05, 4.69) is 9.99 Å². The first kappa shape index (κ1) is 9.57. The van der Waals surface area contributed by atoms with Gasteiger partial charge in [0, 0.05) is 11.6 Å². The minimum atomic E-state index is -1.23. The van der Waals surface area contributed by atoms with Gasteiger partial charge in [-0.3, -0.25) is 0 Å². The van der Waals surface area contributed by atoms with Gasteiger partial charge in [-0.05, 0) is 6.07 Å². The van der Waals surface area contributed by atoms with Crippen LogP contribution in [0.2, 0.25) is 0 Å². The average molecular weight is 189 g/mol. The van der Waals surface area contributed by atoms with Crippen LogP contribution < -0.4 is 0 Å². The Balaban J connectivity index is 3.08. The Labute approximate surface area is 72.6 Å². The maximum absolute atomic E-state index is 12.8. The Morgan fingerprint density at radius 3 is 2.38 bits per heavy atom. The van der Waals surface area contributed by atoms with Crippen LogP contribution in [0.3, 0.4) is 0 Å². The van der Waals surface area contributed by atoms with Gasteiger partial charge in [0.25, 0.3) is 0 Å². The summed E-state index contributed by atoms with van der Waals surface area (Å²) in [7, 11) is 1.26. The Morgan fingerprint density at radius 2 is 1.77 bits per heavy atom. The van der Waals surface area contributed by atoms with Crippen molar-refractivity contribution in [3.8, 4) is 0 Å². The lowest BCUT2D eigenvalue weighted by Crippen LogP contribution is -1.94. The van der Waals surface area contributed by atoms with Crippen LogP contribution in [-0.4, -0.2) is 13.3 Å². The molecule has 2 nitrogen and oxygen atoms in total. The first-order chi connectivity index (χ1) is 6.15. The highest BCUT2D eigenvalue weighted by atomic mass is 19.2. The van der Waals surface area contributed by atoms with Crippen molar-refractivity contribution >= 4 is 6.21 Å². The standard InChI is InChI=1S/C8H6F3NO/c1-13-12-4-5-2-7(10)8(11)3-6(5)9/h2-4H,1H3/b12-4+. The number of hydrogen-bond donors (Lipinski definition) is 0. The van der Waals surface area contributed by atoms with Crippen LogP contribution in [-0.2, 0) is 4.84 Å². The highest BCUT2D eigenvalue weighted by Crippen LogP contribution is 2.11. The molecule has 5 heteroatoms. The molecule has 0 spiro atoms. The summed E-state index contributed by atoms with van der Waals surface area (Å²) < 4.78 is 37.7. The predicted molar refractivity (Wildman–Crippen MR) is 40.9 cm³/mol. The van der Waals surface area contributed by atoms with Gasteiger partial charge in [-0.25, -0.2) is 13.2 Å². The molecule has 0 aliphatic rings. The van der Waals surface area contributed by atoms with Crippen LogP contribution in [0.5, 0.6) is 0 Å². The monoisotopic (exact) mass is 189 g/mol. The molecule has 0 bridgehead atoms. The van der Waals surface area contributed by atoms with Gasteiger partial charge < -0.3 is 4.84 Å². The van der Waals surface area contributed by atoms with E-state index >= 15 is 0 Å². The maximum Gasteiger partial charge on any atom is 0.161 e. The lowest BCUT2D eigenvalue weighted by atomic mass is 10.2. The number of benzene rings is 1. The molecule has 0 unspecified atom stereocenters. The fourth-order valence-electron chi connectivity index (χ4n) is 0.746. The van der Waals surface area contributed by atoms with Crippen LogP contribution in [0.4, 0.5) is 13.2 Å². The quantitative estimate of drug-likeness (QED) is 0.396. The third-order valence-corrected chi connectivity index (χ3v) is 1.34. The predicted octanol–water partition coefficient (Wildman–Crippen LogP) is 2.08. The summed E-state index contributed by atoms with van der Waals surface area (Å²) in [6.45, 7) is 0. The zero-order chi connectivity index (χ0) is 9.84. The molecule has 1 rings (SSSR count). The molecule has 13 heavy (non-hydrogen) atoms. The largest absolute Gasteiger partial charge is 0.399 e. The van der Waals surface area contributed by atoms with E-state index in [-0.39, 0.29) is 5.56 Å². The Morgan fingerprint density at radius 1 is 1.15 bits per heavy atom. The van der Waals surface area contributed by atoms with Crippen LogP contribution in [0.1, 0.15) is 5.56 Å². The third-order valence-electron chi connectivity index (χ3n) is 1.34. The molecule has 0 radical (unpaired) electrons. The summed E-state index contributed by atoms with van der Waals surface area (Å²) in [4.78, 5) is 4.26. The number of hydrogen-bond acceptors (Lipinski definition) is 2. The highest BCUT2D eigenvalue weighted by Gasteiger charge is 2.07. The van der Waals surface area contributed by atoms with E-state index in [0.717, 1.165) is 6.21 Å². The molecule has 0 amide bonds. The Bertz CT molecular complexity index is 338. The van der Waals surface area contributed by atoms with Gasteiger partial charge >= 0.3 is 0 Å². The Kier molecular flexibility index (Phi) is 2.89. The molecule has 0 aliphatic carbocycles. The van der Waals surface area contributed by atoms with Crippen LogP contribution >= 0.6 is 0 Å². The van der Waals surface area contributed by atoms with Crippen molar-refractivity contribution in [2.45, 2.75) is 0 Å². The van der Waals surface area contributed by atoms with Gasteiger partial charge in [0.2, 0.25) is 0 Å². The normalized spacial score (nSPS) is 10.8. The molecule has 0 saturated carbocycles. The second-order valence-electron chi connectivity index (χ2n) is 2.20. The summed E-state index contributed by atoms with van der Waals surface area (Å²) >= 11 is 0. The molecule has 0 heterocycles. The summed E-state index contributed by atoms with van der Waals surface area (Å²) in [6, 6.07) is 1.15. The van der Waals surface area contributed by atoms with Gasteiger partial charge in [-0.15, -0.1) is 0 Å². The SMILES string of the molecule is CO/N=C/c1cc(F)c(F)cc1F. The van der Waals surface area contributed by atoms with Crippen molar-refractivity contribution in [3.63, 3.8) is 0 Å². The molecule has 0 fully saturated rings. The number of halogens is 3. The van der Waals surface area contributed by atoms with Crippen molar-refractivity contribution in [1.29, 1.82) is 0 Å². The second kappa shape index (κ2) is 3.93. The molecular weight excluding hydrogens is 183 g/mol. The molecule has 70 valence electrons. The third kappa shape index (κ3) is 2.21. The summed E-state index contributed by atoms with van der Waals surface area (Å²) in [5.41, 5.74) is -0.166. The summed E-state index contributed by atoms with van der Waals surface area (Å²) in [5, 5.41) is 3.22. The van der Waals surface area contributed by atoms with Crippen LogP contribution in [0.15, 0.2) is 17.3 Å². The number of nitrogens with zero attached hydrogens (tertiary/aromatic N) is 1. The van der Waals surface area contributed by atoms with E-state index in [1.165, 1.54) is 7.11 Å². The van der Waals surface area contributed by atoms with E-state index in [4.69, 9.17) is 0 Å². The lowest BCUT2D eigenvalue weighted by Gasteiger charge is -1.97. The molecule has 0 aliphatic heterocycles. The minimum Gasteiger partial charge on any atom is -0.399 e. The topological polar surface area (TPSA) is 21.6 Å². The van der Waals surface area contributed by atoms with Crippen molar-refractivity contribution in [3.05, 3.63) is 35.1 Å². The smallest absolute Gasteiger partial charge is 0.161 e. The first-order valence-corrected chi connectivity index (χ1v) is 3.36. The fourth-order valence-corrected chi connectivity index (χ4v) is 0.746. The zero-order valence-electron chi connectivity index (χ0n) is 6.72. The van der Waals surface area contributed by atoms with E-state index in [0.29, 0.717) is 12.1 Å². The van der Waals surface area contributed by atoms with Crippen molar-refractivity contribution < 1.29 is 18.0 Å². The van der Waals surface area contributed by atoms with E-state index < -0.39 is 17.5 Å². The molecule has 1 aromatic rings. The van der Waals surface area contributed by atoms with Gasteiger partial charge in [0.05, 0.1) is 6.21 Å². The van der Waals surface area contributed by atoms with E-state index in [9.17, 15) is 13.2 Å². The van der Waals surface area contributed by atoms with Gasteiger partial charge in [0.15, 0.2) is 11.6 Å². The molecule has 0 aromatic heterocycles. The van der Waals surface area contributed by atoms with Crippen molar-refractivity contribution in [1.82, 2.24) is 0 Å². The van der Waals surface area contributed by atoms with Gasteiger partial charge in [0.1, 0.15) is 12.9 Å². The summed E-state index contributed by atoms with van der Waals surface area (Å²) in [5.74, 6) is -3.24. The van der Waals surface area contributed by atoms with Crippen molar-refractivity contribution in [2.24, 2.45) is 5.16 Å². The van der Waals surface area contributed by atoms with Gasteiger partial charge in [-0.1, -0.05) is 5.16 Å². The van der Waals surface area contributed by atoms with Gasteiger partial charge in [-0.2, -0.15) is 0 Å². The average Bonchev–Trinajstić information content (AvgIpc) is 2.09. The molecule has 0 saturated heterocycles. The number of rotatable bonds is 2. The summed E-state index contributed by atoms with van der Waals surface area (Å²) in [6.07, 6.45) is 0.956. The van der Waals surface area contributed by atoms with Crippen LogP contribution in [0, 0.1) is 17.5 Å². The maximum atomic E-state index is 12.8. The fraction of sp³-hybridized carbons (Fsp3) is 0.125. The lowest BCUT2D eigenvalue weighted by molar-refractivity contribution is 0.215. The Hall–Kier alpha value is -1.52. The second-order valence-corrected chi connectivity index (χ2v) is 2.20. The number of oxime groups is 1. The highest BCUT2D eigenvalue weighted by molar-refractivity contribution is 5.79. The first-order valence-electron chi connectivity index (χ1n) is 3.36. The van der Waals surface area contributed by atoms with Crippen LogP contribution in [0.25, 0.3) is 0 Å². The molecular formula is C8H6F3NO. The van der Waals surface area contributed by atoms with E-state index in [1.807, 2.05) is 0 Å². The molecule has 0 atom stereocenters. The minimum absolute atomic E-state index is 0.166.